The van der Waals surface area contributed by atoms with Gasteiger partial charge in [0.25, 0.3) is 5.91 Å². The van der Waals surface area contributed by atoms with Crippen LogP contribution in [0.1, 0.15) is 31.2 Å². The van der Waals surface area contributed by atoms with E-state index in [0.29, 0.717) is 5.89 Å². The highest BCUT2D eigenvalue weighted by Crippen LogP contribution is 2.33. The molecule has 1 amide bonds. The van der Waals surface area contributed by atoms with Crippen molar-refractivity contribution >= 4 is 22.6 Å². The van der Waals surface area contributed by atoms with E-state index in [9.17, 15) is 4.79 Å². The summed E-state index contributed by atoms with van der Waals surface area (Å²) in [6, 6.07) is 6.01. The molecule has 0 bridgehead atoms. The van der Waals surface area contributed by atoms with Crippen LogP contribution in [-0.2, 0) is 4.79 Å². The van der Waals surface area contributed by atoms with Crippen LogP contribution in [0.3, 0.4) is 0 Å². The number of aryl methyl sites for hydroxylation is 1. The maximum atomic E-state index is 13.4. The number of hydrogen-bond acceptors (Lipinski definition) is 5. The second kappa shape index (κ2) is 8.43. The number of amides is 1. The van der Waals surface area contributed by atoms with Crippen molar-refractivity contribution in [1.29, 1.82) is 0 Å². The summed E-state index contributed by atoms with van der Waals surface area (Å²) in [5.41, 5.74) is 5.70. The number of hydrogen-bond donors (Lipinski definition) is 0. The van der Waals surface area contributed by atoms with Gasteiger partial charge >= 0.3 is 0 Å². The molecule has 6 nitrogen and oxygen atoms in total. The van der Waals surface area contributed by atoms with Crippen LogP contribution in [0.4, 0.5) is 0 Å². The summed E-state index contributed by atoms with van der Waals surface area (Å²) in [7, 11) is 2.17. The van der Waals surface area contributed by atoms with E-state index in [4.69, 9.17) is 4.42 Å². The van der Waals surface area contributed by atoms with Crippen LogP contribution in [-0.4, -0.2) is 58.8 Å². The second-order valence-electron chi connectivity index (χ2n) is 9.02. The van der Waals surface area contributed by atoms with Crippen molar-refractivity contribution in [3.63, 3.8) is 0 Å². The average molecular weight is 431 g/mol. The zero-order chi connectivity index (χ0) is 22.2. The lowest BCUT2D eigenvalue weighted by atomic mass is 9.89. The third-order valence-electron chi connectivity index (χ3n) is 6.61. The summed E-state index contributed by atoms with van der Waals surface area (Å²) in [6.07, 6.45) is 12.2. The maximum absolute atomic E-state index is 13.4. The van der Waals surface area contributed by atoms with Crippen molar-refractivity contribution in [2.24, 2.45) is 5.92 Å². The topological polar surface area (TPSA) is 52.8 Å². The predicted molar refractivity (Wildman–Crippen MR) is 126 cm³/mol. The highest BCUT2D eigenvalue weighted by molar-refractivity contribution is 5.98. The Balaban J connectivity index is 1.46. The summed E-state index contributed by atoms with van der Waals surface area (Å²) >= 11 is 0. The lowest BCUT2D eigenvalue weighted by Crippen LogP contribution is -2.33. The molecular formula is C26H30N4O2. The first-order valence-electron chi connectivity index (χ1n) is 11.4. The van der Waals surface area contributed by atoms with Gasteiger partial charge in [-0.05, 0) is 67.8 Å². The Labute approximate surface area is 189 Å². The van der Waals surface area contributed by atoms with Gasteiger partial charge in [0.05, 0.1) is 5.70 Å². The molecule has 0 aliphatic carbocycles. The molecule has 166 valence electrons. The van der Waals surface area contributed by atoms with Gasteiger partial charge in [0.15, 0.2) is 11.5 Å². The first-order valence-corrected chi connectivity index (χ1v) is 11.4. The van der Waals surface area contributed by atoms with Crippen LogP contribution in [0.15, 0.2) is 64.5 Å². The van der Waals surface area contributed by atoms with Gasteiger partial charge in [-0.2, -0.15) is 0 Å². The largest absolute Gasteiger partial charge is 0.441 e. The van der Waals surface area contributed by atoms with Gasteiger partial charge in [-0.15, -0.1) is 0 Å². The third kappa shape index (κ3) is 4.02. The van der Waals surface area contributed by atoms with E-state index in [1.165, 1.54) is 0 Å². The molecule has 1 fully saturated rings. The molecule has 4 heterocycles. The number of fused-ring (bicyclic) bond motifs is 2. The van der Waals surface area contributed by atoms with Gasteiger partial charge in [-0.3, -0.25) is 9.69 Å². The number of benzene rings is 1. The number of likely N-dealkylation sites (N-methyl/N-ethyl adjacent to an activating group) is 1. The van der Waals surface area contributed by atoms with E-state index in [2.05, 4.69) is 47.0 Å². The van der Waals surface area contributed by atoms with Gasteiger partial charge in [0, 0.05) is 44.5 Å². The fraction of sp³-hybridized carbons (Fsp3) is 0.385. The molecule has 1 unspecified atom stereocenters. The van der Waals surface area contributed by atoms with E-state index in [-0.39, 0.29) is 11.8 Å². The fourth-order valence-corrected chi connectivity index (χ4v) is 4.71. The van der Waals surface area contributed by atoms with Crippen molar-refractivity contribution < 1.29 is 9.21 Å². The Bertz CT molecular complexity index is 1170. The minimum absolute atomic E-state index is 0.0135. The first-order chi connectivity index (χ1) is 15.5. The van der Waals surface area contributed by atoms with E-state index in [1.54, 1.807) is 11.0 Å². The molecule has 3 aliphatic rings. The molecule has 1 aromatic heterocycles. The smallest absolute Gasteiger partial charge is 0.255 e. The van der Waals surface area contributed by atoms with Gasteiger partial charge in [-0.25, -0.2) is 4.98 Å². The maximum Gasteiger partial charge on any atom is 0.255 e. The third-order valence-corrected chi connectivity index (χ3v) is 6.61. The van der Waals surface area contributed by atoms with E-state index in [0.717, 1.165) is 72.7 Å². The lowest BCUT2D eigenvalue weighted by molar-refractivity contribution is -0.122. The van der Waals surface area contributed by atoms with E-state index < -0.39 is 0 Å². The Morgan fingerprint density at radius 1 is 1.09 bits per heavy atom. The molecule has 1 saturated heterocycles. The van der Waals surface area contributed by atoms with Gasteiger partial charge < -0.3 is 14.2 Å². The number of carbonyl (C=O) groups is 1. The fourth-order valence-electron chi connectivity index (χ4n) is 4.71. The van der Waals surface area contributed by atoms with Crippen LogP contribution in [0, 0.1) is 12.8 Å². The molecule has 1 aromatic carbocycles. The van der Waals surface area contributed by atoms with Crippen molar-refractivity contribution in [2.45, 2.75) is 26.7 Å². The SMILES string of the molecule is Cc1nc2ccc(C3=CC(=O)N4C=C(N5CCCN(C)CC5)C=CC4=CCC3C)cc2o1. The van der Waals surface area contributed by atoms with Gasteiger partial charge in [-0.1, -0.05) is 19.1 Å². The molecule has 2 aromatic rings. The summed E-state index contributed by atoms with van der Waals surface area (Å²) < 4.78 is 5.73. The minimum atomic E-state index is -0.0135. The minimum Gasteiger partial charge on any atom is -0.441 e. The standard InChI is InChI=1S/C26H30N4O2/c1-18-5-7-21-8-9-22(29-12-4-11-28(3)13-14-29)17-30(21)26(31)16-23(18)20-6-10-24-25(15-20)32-19(2)27-24/h6-10,15-18H,4-5,11-14H2,1-3H3. The molecule has 0 N–H and O–H groups in total. The Hall–Kier alpha value is -3.12. The Kier molecular flexibility index (Phi) is 5.47. The molecule has 5 rings (SSSR count). The molecule has 3 aliphatic heterocycles. The van der Waals surface area contributed by atoms with Crippen LogP contribution in [0.2, 0.25) is 0 Å². The number of allylic oxidation sites excluding steroid dienone is 4. The number of aromatic nitrogens is 1. The van der Waals surface area contributed by atoms with Crippen LogP contribution >= 0.6 is 0 Å². The van der Waals surface area contributed by atoms with Crippen molar-refractivity contribution in [3.8, 4) is 0 Å². The summed E-state index contributed by atoms with van der Waals surface area (Å²) in [5, 5.41) is 0. The second-order valence-corrected chi connectivity index (χ2v) is 9.02. The molecule has 1 atom stereocenters. The first kappa shape index (κ1) is 20.8. The molecule has 6 heteroatoms. The van der Waals surface area contributed by atoms with Crippen LogP contribution in [0.25, 0.3) is 16.7 Å². The zero-order valence-electron chi connectivity index (χ0n) is 19.0. The normalized spacial score (nSPS) is 22.7. The number of carbonyl (C=O) groups excluding carboxylic acids is 1. The highest BCUT2D eigenvalue weighted by Gasteiger charge is 2.25. The average Bonchev–Trinajstić information content (AvgIpc) is 3.02. The van der Waals surface area contributed by atoms with Gasteiger partial charge in [0.1, 0.15) is 5.52 Å². The highest BCUT2D eigenvalue weighted by atomic mass is 16.3. The predicted octanol–water partition coefficient (Wildman–Crippen LogP) is 4.32. The zero-order valence-corrected chi connectivity index (χ0v) is 19.0. The summed E-state index contributed by atoms with van der Waals surface area (Å²) in [4.78, 5) is 24.4. The van der Waals surface area contributed by atoms with Crippen molar-refractivity contribution in [1.82, 2.24) is 19.7 Å². The Morgan fingerprint density at radius 2 is 1.94 bits per heavy atom. The quantitative estimate of drug-likeness (QED) is 0.710. The number of oxazole rings is 1. The van der Waals surface area contributed by atoms with Gasteiger partial charge in [0.2, 0.25) is 0 Å². The van der Waals surface area contributed by atoms with E-state index in [1.807, 2.05) is 31.3 Å². The lowest BCUT2D eigenvalue weighted by Gasteiger charge is -2.31. The summed E-state index contributed by atoms with van der Waals surface area (Å²) in [6.45, 7) is 8.15. The Morgan fingerprint density at radius 3 is 2.81 bits per heavy atom. The molecular weight excluding hydrogens is 400 g/mol. The summed E-state index contributed by atoms with van der Waals surface area (Å²) in [5.74, 6) is 0.855. The van der Waals surface area contributed by atoms with Crippen LogP contribution < -0.4 is 0 Å². The van der Waals surface area contributed by atoms with E-state index >= 15 is 0 Å². The molecule has 32 heavy (non-hydrogen) atoms. The van der Waals surface area contributed by atoms with Crippen molar-refractivity contribution in [3.05, 3.63) is 71.6 Å². The molecule has 0 saturated carbocycles. The monoisotopic (exact) mass is 430 g/mol. The number of rotatable bonds is 2. The van der Waals surface area contributed by atoms with Crippen LogP contribution in [0.5, 0.6) is 0 Å². The molecule has 0 spiro atoms. The van der Waals surface area contributed by atoms with Crippen molar-refractivity contribution in [2.75, 3.05) is 33.2 Å². The molecule has 0 radical (unpaired) electrons. The number of nitrogens with zero attached hydrogens (tertiary/aromatic N) is 4.